The Balaban J connectivity index is 1.99. The zero-order chi connectivity index (χ0) is 12.3. The molecule has 2 rings (SSSR count). The van der Waals surface area contributed by atoms with Gasteiger partial charge in [0.15, 0.2) is 6.61 Å². The van der Waals surface area contributed by atoms with E-state index in [1.165, 1.54) is 11.3 Å². The van der Waals surface area contributed by atoms with Gasteiger partial charge in [0.05, 0.1) is 4.88 Å². The van der Waals surface area contributed by atoms with Crippen molar-refractivity contribution < 1.29 is 9.53 Å². The molecule has 0 aliphatic carbocycles. The first-order valence-electron chi connectivity index (χ1n) is 5.45. The van der Waals surface area contributed by atoms with E-state index in [1.807, 2.05) is 50.2 Å². The summed E-state index contributed by atoms with van der Waals surface area (Å²) >= 11 is 1.51. The van der Waals surface area contributed by atoms with E-state index < -0.39 is 0 Å². The smallest absolute Gasteiger partial charge is 0.210 e. The van der Waals surface area contributed by atoms with Crippen LogP contribution in [0.5, 0.6) is 5.75 Å². The predicted octanol–water partition coefficient (Wildman–Crippen LogP) is 3.63. The molecule has 17 heavy (non-hydrogen) atoms. The molecule has 0 saturated heterocycles. The van der Waals surface area contributed by atoms with Crippen molar-refractivity contribution in [1.29, 1.82) is 0 Å². The Kier molecular flexibility index (Phi) is 3.59. The summed E-state index contributed by atoms with van der Waals surface area (Å²) in [6.45, 7) is 4.06. The Morgan fingerprint density at radius 3 is 2.59 bits per heavy atom. The number of thiophene rings is 1. The van der Waals surface area contributed by atoms with Gasteiger partial charge in [0.25, 0.3) is 0 Å². The molecular weight excluding hydrogens is 232 g/mol. The lowest BCUT2D eigenvalue weighted by Crippen LogP contribution is -2.10. The van der Waals surface area contributed by atoms with Gasteiger partial charge in [-0.25, -0.2) is 0 Å². The topological polar surface area (TPSA) is 26.3 Å². The number of hydrogen-bond donors (Lipinski definition) is 0. The zero-order valence-electron chi connectivity index (χ0n) is 9.90. The second-order valence-corrected chi connectivity index (χ2v) is 5.18. The van der Waals surface area contributed by atoms with Gasteiger partial charge in [0.2, 0.25) is 5.78 Å². The molecule has 1 aromatic heterocycles. The molecule has 2 nitrogen and oxygen atoms in total. The molecule has 0 aliphatic heterocycles. The summed E-state index contributed by atoms with van der Waals surface area (Å²) in [5, 5.41) is 0. The van der Waals surface area contributed by atoms with E-state index in [9.17, 15) is 4.79 Å². The van der Waals surface area contributed by atoms with Crippen molar-refractivity contribution in [1.82, 2.24) is 0 Å². The number of hydrogen-bond acceptors (Lipinski definition) is 3. The maximum absolute atomic E-state index is 11.8. The molecule has 3 heteroatoms. The van der Waals surface area contributed by atoms with Crippen LogP contribution < -0.4 is 4.74 Å². The van der Waals surface area contributed by atoms with E-state index in [1.54, 1.807) is 0 Å². The summed E-state index contributed by atoms with van der Waals surface area (Å²) in [6.07, 6.45) is 0. The van der Waals surface area contributed by atoms with Crippen LogP contribution in [0.1, 0.15) is 20.1 Å². The van der Waals surface area contributed by atoms with Crippen molar-refractivity contribution in [3.8, 4) is 5.75 Å². The Labute approximate surface area is 105 Å². The summed E-state index contributed by atoms with van der Waals surface area (Å²) in [7, 11) is 0. The monoisotopic (exact) mass is 246 g/mol. The van der Waals surface area contributed by atoms with Crippen molar-refractivity contribution in [3.63, 3.8) is 0 Å². The molecule has 0 N–H and O–H groups in total. The summed E-state index contributed by atoms with van der Waals surface area (Å²) < 4.78 is 5.52. The maximum Gasteiger partial charge on any atom is 0.210 e. The highest BCUT2D eigenvalue weighted by Crippen LogP contribution is 2.18. The molecule has 0 aliphatic rings. The zero-order valence-corrected chi connectivity index (χ0v) is 10.7. The highest BCUT2D eigenvalue weighted by molar-refractivity contribution is 7.14. The quantitative estimate of drug-likeness (QED) is 0.770. The lowest BCUT2D eigenvalue weighted by molar-refractivity contribution is 0.0925. The third-order valence-corrected chi connectivity index (χ3v) is 3.51. The third-order valence-electron chi connectivity index (χ3n) is 2.47. The van der Waals surface area contributed by atoms with Crippen LogP contribution in [0.2, 0.25) is 0 Å². The van der Waals surface area contributed by atoms with E-state index in [2.05, 4.69) is 0 Å². The summed E-state index contributed by atoms with van der Waals surface area (Å²) in [5.41, 5.74) is 1.04. The first-order chi connectivity index (χ1) is 8.16. The van der Waals surface area contributed by atoms with E-state index in [0.717, 1.165) is 21.1 Å². The second kappa shape index (κ2) is 5.15. The summed E-state index contributed by atoms with van der Waals surface area (Å²) in [4.78, 5) is 13.7. The summed E-state index contributed by atoms with van der Waals surface area (Å²) in [6, 6.07) is 11.5. The normalized spacial score (nSPS) is 10.2. The SMILES string of the molecule is Cc1ccc(C(=O)COc2ccccc2C)s1. The number of carbonyl (C=O) groups is 1. The Hall–Kier alpha value is -1.61. The van der Waals surface area contributed by atoms with Crippen LogP contribution in [-0.2, 0) is 0 Å². The standard InChI is InChI=1S/C14H14O2S/c1-10-5-3-4-6-13(10)16-9-12(15)14-8-7-11(2)17-14/h3-8H,9H2,1-2H3. The second-order valence-electron chi connectivity index (χ2n) is 3.89. The van der Waals surface area contributed by atoms with Gasteiger partial charge in [-0.1, -0.05) is 18.2 Å². The predicted molar refractivity (Wildman–Crippen MR) is 70.1 cm³/mol. The van der Waals surface area contributed by atoms with Crippen molar-refractivity contribution in [2.45, 2.75) is 13.8 Å². The molecule has 0 bridgehead atoms. The van der Waals surface area contributed by atoms with E-state index in [-0.39, 0.29) is 12.4 Å². The van der Waals surface area contributed by atoms with Gasteiger partial charge in [-0.2, -0.15) is 0 Å². The van der Waals surface area contributed by atoms with Crippen LogP contribution in [0.15, 0.2) is 36.4 Å². The Morgan fingerprint density at radius 1 is 1.18 bits per heavy atom. The third kappa shape index (κ3) is 2.94. The Bertz CT molecular complexity index is 529. The van der Waals surface area contributed by atoms with Gasteiger partial charge >= 0.3 is 0 Å². The van der Waals surface area contributed by atoms with Crippen LogP contribution in [0.4, 0.5) is 0 Å². The molecule has 0 fully saturated rings. The van der Waals surface area contributed by atoms with E-state index in [0.29, 0.717) is 0 Å². The molecule has 0 atom stereocenters. The average Bonchev–Trinajstić information content (AvgIpc) is 2.74. The van der Waals surface area contributed by atoms with Crippen molar-refractivity contribution in [3.05, 3.63) is 51.7 Å². The lowest BCUT2D eigenvalue weighted by atomic mass is 10.2. The average molecular weight is 246 g/mol. The van der Waals surface area contributed by atoms with Gasteiger partial charge in [-0.05, 0) is 37.6 Å². The molecule has 0 amide bonds. The molecule has 2 aromatic rings. The lowest BCUT2D eigenvalue weighted by Gasteiger charge is -2.06. The van der Waals surface area contributed by atoms with Crippen LogP contribution in [-0.4, -0.2) is 12.4 Å². The number of carbonyl (C=O) groups excluding carboxylic acids is 1. The van der Waals surface area contributed by atoms with Gasteiger partial charge in [-0.15, -0.1) is 11.3 Å². The molecule has 88 valence electrons. The number of benzene rings is 1. The molecular formula is C14H14O2S. The number of aryl methyl sites for hydroxylation is 2. The molecule has 1 heterocycles. The van der Waals surface area contributed by atoms with Gasteiger partial charge < -0.3 is 4.74 Å². The van der Waals surface area contributed by atoms with E-state index in [4.69, 9.17) is 4.74 Å². The van der Waals surface area contributed by atoms with Crippen molar-refractivity contribution in [2.75, 3.05) is 6.61 Å². The minimum atomic E-state index is 0.0337. The van der Waals surface area contributed by atoms with Crippen molar-refractivity contribution in [2.24, 2.45) is 0 Å². The minimum absolute atomic E-state index is 0.0337. The first kappa shape index (κ1) is 11.9. The molecule has 0 saturated carbocycles. The largest absolute Gasteiger partial charge is 0.485 e. The number of Topliss-reactive ketones (excluding diaryl/α,β-unsaturated/α-hetero) is 1. The minimum Gasteiger partial charge on any atom is -0.485 e. The van der Waals surface area contributed by atoms with Crippen LogP contribution >= 0.6 is 11.3 Å². The Morgan fingerprint density at radius 2 is 1.94 bits per heavy atom. The van der Waals surface area contributed by atoms with Crippen LogP contribution in [0.3, 0.4) is 0 Å². The number of rotatable bonds is 4. The highest BCUT2D eigenvalue weighted by atomic mass is 32.1. The molecule has 0 spiro atoms. The van der Waals surface area contributed by atoms with Crippen LogP contribution in [0.25, 0.3) is 0 Å². The van der Waals surface area contributed by atoms with E-state index >= 15 is 0 Å². The summed E-state index contributed by atoms with van der Waals surface area (Å²) in [5.74, 6) is 0.806. The molecule has 0 radical (unpaired) electrons. The number of para-hydroxylation sites is 1. The fourth-order valence-corrected chi connectivity index (χ4v) is 2.31. The number of ether oxygens (including phenoxy) is 1. The van der Waals surface area contributed by atoms with Gasteiger partial charge in [-0.3, -0.25) is 4.79 Å². The fourth-order valence-electron chi connectivity index (χ4n) is 1.52. The number of ketones is 1. The van der Waals surface area contributed by atoms with Gasteiger partial charge in [0.1, 0.15) is 5.75 Å². The molecule has 0 unspecified atom stereocenters. The fraction of sp³-hybridized carbons (Fsp3) is 0.214. The van der Waals surface area contributed by atoms with Gasteiger partial charge in [0, 0.05) is 4.88 Å². The highest BCUT2D eigenvalue weighted by Gasteiger charge is 2.09. The van der Waals surface area contributed by atoms with Crippen LogP contribution in [0, 0.1) is 13.8 Å². The molecule has 1 aromatic carbocycles. The maximum atomic E-state index is 11.8. The van der Waals surface area contributed by atoms with Crippen molar-refractivity contribution >= 4 is 17.1 Å². The first-order valence-corrected chi connectivity index (χ1v) is 6.26.